The van der Waals surface area contributed by atoms with Crippen LogP contribution in [0.5, 0.6) is 0 Å². The van der Waals surface area contributed by atoms with Gasteiger partial charge in [0.15, 0.2) is 6.17 Å². The van der Waals surface area contributed by atoms with E-state index in [1.807, 2.05) is 0 Å². The molecule has 0 amide bonds. The molecule has 0 aromatic carbocycles. The van der Waals surface area contributed by atoms with E-state index in [4.69, 9.17) is 0 Å². The topological polar surface area (TPSA) is 0 Å². The number of rotatable bonds is 6. The van der Waals surface area contributed by atoms with Gasteiger partial charge in [-0.3, -0.25) is 0 Å². The van der Waals surface area contributed by atoms with Crippen LogP contribution >= 0.6 is 0 Å². The van der Waals surface area contributed by atoms with Crippen molar-refractivity contribution < 1.29 is 52.7 Å². The van der Waals surface area contributed by atoms with Crippen molar-refractivity contribution in [2.45, 2.75) is 55.8 Å². The normalized spacial score (nSPS) is 17.0. The van der Waals surface area contributed by atoms with E-state index in [-0.39, 0.29) is 0 Å². The predicted octanol–water partition coefficient (Wildman–Crippen LogP) is 5.23. The Morgan fingerprint density at radius 1 is 0.667 bits per heavy atom. The van der Waals surface area contributed by atoms with Gasteiger partial charge in [-0.15, -0.1) is 0 Å². The Hall–Kier alpha value is -0.840. The molecule has 128 valence electrons. The second kappa shape index (κ2) is 5.41. The maximum atomic E-state index is 12.9. The van der Waals surface area contributed by atoms with E-state index in [0.29, 0.717) is 0 Å². The number of halogens is 12. The van der Waals surface area contributed by atoms with Crippen LogP contribution in [-0.2, 0) is 0 Å². The van der Waals surface area contributed by atoms with Crippen molar-refractivity contribution in [2.75, 3.05) is 0 Å². The van der Waals surface area contributed by atoms with Gasteiger partial charge in [0.05, 0.1) is 0 Å². The van der Waals surface area contributed by atoms with E-state index in [1.165, 1.54) is 0 Å². The molecular weight excluding hydrogens is 336 g/mol. The monoisotopic (exact) mass is 344 g/mol. The van der Waals surface area contributed by atoms with Gasteiger partial charge in [0, 0.05) is 0 Å². The molecule has 0 rings (SSSR count). The third-order valence-electron chi connectivity index (χ3n) is 2.50. The quantitative estimate of drug-likeness (QED) is 0.579. The van der Waals surface area contributed by atoms with Gasteiger partial charge in [-0.25, -0.2) is 4.39 Å². The molecule has 1 unspecified atom stereocenters. The molecule has 0 N–H and O–H groups in total. The molecule has 12 heteroatoms. The first-order valence-electron chi connectivity index (χ1n) is 5.20. The third-order valence-corrected chi connectivity index (χ3v) is 2.50. The summed E-state index contributed by atoms with van der Waals surface area (Å²) in [5, 5.41) is 0. The minimum atomic E-state index is -7.54. The zero-order valence-electron chi connectivity index (χ0n) is 10.0. The fourth-order valence-electron chi connectivity index (χ4n) is 1.22. The highest BCUT2D eigenvalue weighted by molar-refractivity contribution is 5.08. The lowest BCUT2D eigenvalue weighted by molar-refractivity contribution is -0.426. The first-order chi connectivity index (χ1) is 8.98. The lowest BCUT2D eigenvalue weighted by Gasteiger charge is -2.38. The van der Waals surface area contributed by atoms with Crippen LogP contribution in [0, 0.1) is 0 Å². The van der Waals surface area contributed by atoms with E-state index in [2.05, 4.69) is 0 Å². The van der Waals surface area contributed by atoms with Gasteiger partial charge in [0.2, 0.25) is 0 Å². The fourth-order valence-corrected chi connectivity index (χ4v) is 1.22. The Labute approximate surface area is 110 Å². The predicted molar refractivity (Wildman–Crippen MR) is 45.6 cm³/mol. The zero-order valence-corrected chi connectivity index (χ0v) is 10.0. The molecule has 0 radical (unpaired) electrons. The van der Waals surface area contributed by atoms with Crippen molar-refractivity contribution in [1.82, 2.24) is 0 Å². The Balaban J connectivity index is 5.88. The highest BCUT2D eigenvalue weighted by Crippen LogP contribution is 2.58. The van der Waals surface area contributed by atoms with Gasteiger partial charge < -0.3 is 0 Å². The van der Waals surface area contributed by atoms with Crippen molar-refractivity contribution in [3.8, 4) is 0 Å². The Morgan fingerprint density at radius 3 is 1.33 bits per heavy atom. The molecule has 0 aliphatic heterocycles. The summed E-state index contributed by atoms with van der Waals surface area (Å²) in [6.45, 7) is 0.975. The maximum absolute atomic E-state index is 12.9. The molecule has 0 spiro atoms. The third kappa shape index (κ3) is 2.89. The summed E-state index contributed by atoms with van der Waals surface area (Å²) in [5.74, 6) is -28.7. The van der Waals surface area contributed by atoms with Crippen LogP contribution < -0.4 is 0 Å². The molecular formula is C9H8F12. The summed E-state index contributed by atoms with van der Waals surface area (Å²) in [5.41, 5.74) is 0. The van der Waals surface area contributed by atoms with Crippen molar-refractivity contribution in [1.29, 1.82) is 0 Å². The summed E-state index contributed by atoms with van der Waals surface area (Å²) in [6, 6.07) is 0. The average Bonchev–Trinajstić information content (AvgIpc) is 2.26. The van der Waals surface area contributed by atoms with Crippen LogP contribution in [0.15, 0.2) is 0 Å². The molecule has 0 nitrogen and oxygen atoms in total. The van der Waals surface area contributed by atoms with E-state index >= 15 is 0 Å². The molecule has 0 aliphatic rings. The molecule has 0 aliphatic carbocycles. The van der Waals surface area contributed by atoms with Crippen LogP contribution in [0.1, 0.15) is 19.8 Å². The summed E-state index contributed by atoms with van der Waals surface area (Å²) in [6.07, 6.45) is -13.2. The second-order valence-corrected chi connectivity index (χ2v) is 4.10. The SMILES string of the molecule is CCCC(F)C(F)(F)C(F)(F)C(F)(F)C(F)(F)C(F)(F)F. The maximum Gasteiger partial charge on any atom is 0.460 e. The summed E-state index contributed by atoms with van der Waals surface area (Å²) in [7, 11) is 0. The zero-order chi connectivity index (χ0) is 17.5. The van der Waals surface area contributed by atoms with Gasteiger partial charge in [0.25, 0.3) is 0 Å². The summed E-state index contributed by atoms with van der Waals surface area (Å²) < 4.78 is 150. The average molecular weight is 344 g/mol. The van der Waals surface area contributed by atoms with E-state index < -0.39 is 48.9 Å². The van der Waals surface area contributed by atoms with Crippen molar-refractivity contribution >= 4 is 0 Å². The Bertz CT molecular complexity index is 354. The molecule has 0 aromatic rings. The van der Waals surface area contributed by atoms with Crippen LogP contribution in [0.3, 0.4) is 0 Å². The first-order valence-corrected chi connectivity index (χ1v) is 5.20. The molecule has 0 fully saturated rings. The van der Waals surface area contributed by atoms with Gasteiger partial charge in [-0.05, 0) is 6.42 Å². The lowest BCUT2D eigenvalue weighted by Crippen LogP contribution is -2.68. The lowest BCUT2D eigenvalue weighted by atomic mass is 9.93. The highest BCUT2D eigenvalue weighted by Gasteiger charge is 2.88. The number of hydrogen-bond donors (Lipinski definition) is 0. The van der Waals surface area contributed by atoms with Crippen molar-refractivity contribution in [3.05, 3.63) is 0 Å². The number of alkyl halides is 12. The Morgan fingerprint density at radius 2 is 1.05 bits per heavy atom. The highest BCUT2D eigenvalue weighted by atomic mass is 19.4. The van der Waals surface area contributed by atoms with Gasteiger partial charge >= 0.3 is 29.9 Å². The van der Waals surface area contributed by atoms with Crippen LogP contribution in [-0.4, -0.2) is 36.0 Å². The van der Waals surface area contributed by atoms with Crippen LogP contribution in [0.25, 0.3) is 0 Å². The second-order valence-electron chi connectivity index (χ2n) is 4.10. The Kier molecular flexibility index (Phi) is 5.20. The molecule has 21 heavy (non-hydrogen) atoms. The van der Waals surface area contributed by atoms with Gasteiger partial charge in [-0.1, -0.05) is 13.3 Å². The van der Waals surface area contributed by atoms with E-state index in [0.717, 1.165) is 6.92 Å². The smallest absolute Gasteiger partial charge is 0.241 e. The summed E-state index contributed by atoms with van der Waals surface area (Å²) >= 11 is 0. The van der Waals surface area contributed by atoms with Crippen LogP contribution in [0.4, 0.5) is 52.7 Å². The molecule has 0 aromatic heterocycles. The molecule has 0 saturated heterocycles. The minimum Gasteiger partial charge on any atom is -0.241 e. The molecule has 0 bridgehead atoms. The van der Waals surface area contributed by atoms with Gasteiger partial charge in [-0.2, -0.15) is 48.3 Å². The number of hydrogen-bond acceptors (Lipinski definition) is 0. The van der Waals surface area contributed by atoms with Crippen LogP contribution in [0.2, 0.25) is 0 Å². The minimum absolute atomic E-state index is 0.561. The van der Waals surface area contributed by atoms with Crippen molar-refractivity contribution in [2.24, 2.45) is 0 Å². The molecule has 0 heterocycles. The summed E-state index contributed by atoms with van der Waals surface area (Å²) in [4.78, 5) is 0. The largest absolute Gasteiger partial charge is 0.460 e. The fraction of sp³-hybridized carbons (Fsp3) is 1.00. The molecule has 1 atom stereocenters. The first kappa shape index (κ1) is 20.2. The van der Waals surface area contributed by atoms with Crippen molar-refractivity contribution in [3.63, 3.8) is 0 Å². The standard InChI is InChI=1S/C9H8F12/c1-2-3-4(10)5(11,12)6(13,14)7(15,16)8(17,18)9(19,20)21/h4H,2-3H2,1H3. The van der Waals surface area contributed by atoms with Gasteiger partial charge in [0.1, 0.15) is 0 Å². The van der Waals surface area contributed by atoms with E-state index in [9.17, 15) is 52.7 Å². The van der Waals surface area contributed by atoms with E-state index in [1.54, 1.807) is 0 Å². The molecule has 0 saturated carbocycles.